The second-order valence-corrected chi connectivity index (χ2v) is 6.31. The first-order chi connectivity index (χ1) is 10.2. The van der Waals surface area contributed by atoms with Gasteiger partial charge in [-0.05, 0) is 19.5 Å². The number of likely N-dealkylation sites (N-methyl/N-ethyl adjacent to an activating group) is 1. The van der Waals surface area contributed by atoms with Crippen LogP contribution in [-0.2, 0) is 0 Å². The van der Waals surface area contributed by atoms with Crippen LogP contribution >= 0.6 is 11.3 Å². The summed E-state index contributed by atoms with van der Waals surface area (Å²) < 4.78 is 0. The number of nitrogens with zero attached hydrogens (tertiary/aromatic N) is 3. The molecule has 1 saturated heterocycles. The van der Waals surface area contributed by atoms with E-state index >= 15 is 0 Å². The number of aryl methyl sites for hydroxylation is 1. The van der Waals surface area contributed by atoms with Crippen molar-refractivity contribution in [1.82, 2.24) is 14.8 Å². The lowest BCUT2D eigenvalue weighted by atomic mass is 10.0. The average molecular weight is 301 g/mol. The second kappa shape index (κ2) is 5.95. The molecule has 3 rings (SSSR count). The van der Waals surface area contributed by atoms with E-state index in [1.807, 2.05) is 30.0 Å². The van der Waals surface area contributed by atoms with Crippen molar-refractivity contribution in [3.8, 4) is 0 Å². The number of carbonyl (C=O) groups is 1. The molecule has 4 nitrogen and oxygen atoms in total. The summed E-state index contributed by atoms with van der Waals surface area (Å²) >= 11 is 1.43. The molecule has 2 heterocycles. The van der Waals surface area contributed by atoms with Crippen LogP contribution in [0.2, 0.25) is 0 Å². The van der Waals surface area contributed by atoms with E-state index in [4.69, 9.17) is 0 Å². The molecule has 0 bridgehead atoms. The molecule has 0 radical (unpaired) electrons. The number of hydrogen-bond acceptors (Lipinski definition) is 4. The zero-order valence-electron chi connectivity index (χ0n) is 12.3. The number of carbonyl (C=O) groups excluding carboxylic acids is 1. The third kappa shape index (κ3) is 2.84. The van der Waals surface area contributed by atoms with E-state index in [2.05, 4.69) is 29.1 Å². The average Bonchev–Trinajstić information content (AvgIpc) is 2.93. The van der Waals surface area contributed by atoms with E-state index in [0.717, 1.165) is 30.2 Å². The molecule has 2 aromatic rings. The third-order valence-corrected chi connectivity index (χ3v) is 4.88. The Balaban J connectivity index is 1.91. The normalized spacial score (nSPS) is 19.7. The predicted molar refractivity (Wildman–Crippen MR) is 84.6 cm³/mol. The van der Waals surface area contributed by atoms with Gasteiger partial charge in [-0.25, -0.2) is 4.98 Å². The first-order valence-corrected chi connectivity index (χ1v) is 7.99. The SMILES string of the molecule is Cc1ncsc1C(=O)N1CCN(C)C[C@H]1c1ccccc1. The van der Waals surface area contributed by atoms with Crippen LogP contribution < -0.4 is 0 Å². The van der Waals surface area contributed by atoms with Crippen molar-refractivity contribution >= 4 is 17.2 Å². The van der Waals surface area contributed by atoms with Crippen LogP contribution in [0.4, 0.5) is 0 Å². The van der Waals surface area contributed by atoms with Gasteiger partial charge in [-0.3, -0.25) is 4.79 Å². The Kier molecular flexibility index (Phi) is 4.03. The molecule has 1 atom stereocenters. The number of amides is 1. The number of piperazine rings is 1. The summed E-state index contributed by atoms with van der Waals surface area (Å²) in [4.78, 5) is 22.1. The Morgan fingerprint density at radius 2 is 2.05 bits per heavy atom. The fourth-order valence-electron chi connectivity index (χ4n) is 2.76. The molecule has 0 saturated carbocycles. The van der Waals surface area contributed by atoms with Gasteiger partial charge in [0.05, 0.1) is 17.2 Å². The molecule has 1 aliphatic rings. The van der Waals surface area contributed by atoms with Crippen LogP contribution in [0.25, 0.3) is 0 Å². The largest absolute Gasteiger partial charge is 0.328 e. The Morgan fingerprint density at radius 1 is 1.29 bits per heavy atom. The van der Waals surface area contributed by atoms with Crippen molar-refractivity contribution < 1.29 is 4.79 Å². The van der Waals surface area contributed by atoms with E-state index in [0.29, 0.717) is 0 Å². The molecule has 1 amide bonds. The second-order valence-electron chi connectivity index (χ2n) is 5.45. The minimum Gasteiger partial charge on any atom is -0.328 e. The zero-order valence-corrected chi connectivity index (χ0v) is 13.1. The van der Waals surface area contributed by atoms with Gasteiger partial charge in [-0.1, -0.05) is 30.3 Å². The molecule has 1 aliphatic heterocycles. The van der Waals surface area contributed by atoms with Crippen LogP contribution in [0.15, 0.2) is 35.8 Å². The van der Waals surface area contributed by atoms with Crippen LogP contribution in [0.3, 0.4) is 0 Å². The predicted octanol–water partition coefficient (Wildman–Crippen LogP) is 2.58. The fourth-order valence-corrected chi connectivity index (χ4v) is 3.52. The van der Waals surface area contributed by atoms with Crippen LogP contribution in [0, 0.1) is 6.92 Å². The lowest BCUT2D eigenvalue weighted by Gasteiger charge is -2.40. The summed E-state index contributed by atoms with van der Waals surface area (Å²) in [5, 5.41) is 0. The summed E-state index contributed by atoms with van der Waals surface area (Å²) in [5.41, 5.74) is 3.77. The molecule has 1 aromatic heterocycles. The van der Waals surface area contributed by atoms with E-state index in [1.165, 1.54) is 16.9 Å². The molecule has 0 spiro atoms. The first kappa shape index (κ1) is 14.2. The highest BCUT2D eigenvalue weighted by molar-refractivity contribution is 7.11. The molecular formula is C16H19N3OS. The highest BCUT2D eigenvalue weighted by Gasteiger charge is 2.32. The highest BCUT2D eigenvalue weighted by atomic mass is 32.1. The Bertz CT molecular complexity index is 625. The molecule has 110 valence electrons. The van der Waals surface area contributed by atoms with Gasteiger partial charge in [0.1, 0.15) is 4.88 Å². The van der Waals surface area contributed by atoms with Crippen LogP contribution in [0.5, 0.6) is 0 Å². The van der Waals surface area contributed by atoms with Crippen molar-refractivity contribution in [2.45, 2.75) is 13.0 Å². The quantitative estimate of drug-likeness (QED) is 0.855. The Morgan fingerprint density at radius 3 is 2.71 bits per heavy atom. The van der Waals surface area contributed by atoms with Gasteiger partial charge in [-0.2, -0.15) is 0 Å². The van der Waals surface area contributed by atoms with Gasteiger partial charge >= 0.3 is 0 Å². The topological polar surface area (TPSA) is 36.4 Å². The molecule has 5 heteroatoms. The molecular weight excluding hydrogens is 282 g/mol. The molecule has 1 fully saturated rings. The van der Waals surface area contributed by atoms with Crippen molar-refractivity contribution in [3.05, 3.63) is 52.0 Å². The number of hydrogen-bond donors (Lipinski definition) is 0. The molecule has 21 heavy (non-hydrogen) atoms. The van der Waals surface area contributed by atoms with Gasteiger partial charge in [0, 0.05) is 19.6 Å². The lowest BCUT2D eigenvalue weighted by molar-refractivity contribution is 0.0502. The van der Waals surface area contributed by atoms with E-state index < -0.39 is 0 Å². The maximum atomic E-state index is 12.8. The Hall–Kier alpha value is -1.72. The maximum Gasteiger partial charge on any atom is 0.266 e. The van der Waals surface area contributed by atoms with E-state index in [-0.39, 0.29) is 11.9 Å². The zero-order chi connectivity index (χ0) is 14.8. The smallest absolute Gasteiger partial charge is 0.266 e. The summed E-state index contributed by atoms with van der Waals surface area (Å²) in [7, 11) is 2.11. The monoisotopic (exact) mass is 301 g/mol. The molecule has 0 unspecified atom stereocenters. The molecule has 1 aromatic carbocycles. The minimum atomic E-state index is 0.108. The minimum absolute atomic E-state index is 0.108. The van der Waals surface area contributed by atoms with Gasteiger partial charge in [-0.15, -0.1) is 11.3 Å². The van der Waals surface area contributed by atoms with Crippen molar-refractivity contribution in [2.24, 2.45) is 0 Å². The van der Waals surface area contributed by atoms with Crippen LogP contribution in [-0.4, -0.2) is 47.4 Å². The summed E-state index contributed by atoms with van der Waals surface area (Å²) in [5.74, 6) is 0.108. The Labute approximate surface area is 129 Å². The third-order valence-electron chi connectivity index (χ3n) is 3.97. The van der Waals surface area contributed by atoms with Crippen LogP contribution in [0.1, 0.15) is 27.0 Å². The fraction of sp³-hybridized carbons (Fsp3) is 0.375. The number of thiazole rings is 1. The van der Waals surface area contributed by atoms with Crippen molar-refractivity contribution in [2.75, 3.05) is 26.7 Å². The number of aromatic nitrogens is 1. The summed E-state index contributed by atoms with van der Waals surface area (Å²) in [6, 6.07) is 10.4. The number of benzene rings is 1. The van der Waals surface area contributed by atoms with Gasteiger partial charge in [0.25, 0.3) is 5.91 Å². The van der Waals surface area contributed by atoms with Gasteiger partial charge in [0.2, 0.25) is 0 Å². The standard InChI is InChI=1S/C16H19N3OS/c1-12-15(21-11-17-12)16(20)19-9-8-18(2)10-14(19)13-6-4-3-5-7-13/h3-7,11,14H,8-10H2,1-2H3/t14-/m0/s1. The number of rotatable bonds is 2. The maximum absolute atomic E-state index is 12.8. The van der Waals surface area contributed by atoms with Crippen molar-refractivity contribution in [1.29, 1.82) is 0 Å². The van der Waals surface area contributed by atoms with Crippen molar-refractivity contribution in [3.63, 3.8) is 0 Å². The van der Waals surface area contributed by atoms with Gasteiger partial charge in [0.15, 0.2) is 0 Å². The first-order valence-electron chi connectivity index (χ1n) is 7.11. The van der Waals surface area contributed by atoms with E-state index in [1.54, 1.807) is 5.51 Å². The molecule has 0 aliphatic carbocycles. The highest BCUT2D eigenvalue weighted by Crippen LogP contribution is 2.28. The van der Waals surface area contributed by atoms with Gasteiger partial charge < -0.3 is 9.80 Å². The lowest BCUT2D eigenvalue weighted by Crippen LogP contribution is -2.49. The summed E-state index contributed by atoms with van der Waals surface area (Å²) in [6.45, 7) is 4.43. The summed E-state index contributed by atoms with van der Waals surface area (Å²) in [6.07, 6.45) is 0. The molecule has 0 N–H and O–H groups in total. The van der Waals surface area contributed by atoms with E-state index in [9.17, 15) is 4.79 Å².